The quantitative estimate of drug-likeness (QED) is 0.628. The van der Waals surface area contributed by atoms with E-state index in [0.717, 1.165) is 5.56 Å². The van der Waals surface area contributed by atoms with Gasteiger partial charge in [0.2, 0.25) is 0 Å². The van der Waals surface area contributed by atoms with Crippen molar-refractivity contribution in [3.05, 3.63) is 52.7 Å². The third-order valence-corrected chi connectivity index (χ3v) is 1.88. The normalized spacial score (nSPS) is 8.77. The number of benzene rings is 1. The molecule has 0 fully saturated rings. The van der Waals surface area contributed by atoms with Crippen LogP contribution in [0.5, 0.6) is 0 Å². The van der Waals surface area contributed by atoms with Crippen LogP contribution in [0, 0.1) is 12.7 Å². The van der Waals surface area contributed by atoms with Crippen LogP contribution in [-0.2, 0) is 0 Å². The van der Waals surface area contributed by atoms with E-state index in [9.17, 15) is 4.39 Å². The molecular weight excluding hydrogens is 185 g/mol. The minimum Gasteiger partial charge on any atom is -0.253 e. The van der Waals surface area contributed by atoms with Crippen LogP contribution in [0.25, 0.3) is 0 Å². The number of thiazole rings is 1. The van der Waals surface area contributed by atoms with Crippen LogP contribution in [0.3, 0.4) is 0 Å². The maximum Gasteiger partial charge on any atom is 0.123 e. The zero-order valence-corrected chi connectivity index (χ0v) is 8.09. The van der Waals surface area contributed by atoms with E-state index >= 15 is 0 Å². The van der Waals surface area contributed by atoms with E-state index in [2.05, 4.69) is 4.98 Å². The molecule has 0 bridgehead atoms. The molecule has 0 aliphatic carbocycles. The zero-order chi connectivity index (χ0) is 9.52. The van der Waals surface area contributed by atoms with E-state index in [1.807, 2.05) is 12.3 Å². The maximum atomic E-state index is 12.1. The van der Waals surface area contributed by atoms with Crippen LogP contribution in [-0.4, -0.2) is 4.98 Å². The van der Waals surface area contributed by atoms with E-state index in [0.29, 0.717) is 0 Å². The Morgan fingerprint density at radius 1 is 1.23 bits per heavy atom. The molecule has 0 aliphatic heterocycles. The van der Waals surface area contributed by atoms with Crippen LogP contribution in [0.15, 0.2) is 41.4 Å². The van der Waals surface area contributed by atoms with Crippen LogP contribution in [0.4, 0.5) is 4.39 Å². The van der Waals surface area contributed by atoms with Crippen molar-refractivity contribution in [1.82, 2.24) is 4.98 Å². The Balaban J connectivity index is 0.000000145. The second-order valence-electron chi connectivity index (χ2n) is 2.47. The van der Waals surface area contributed by atoms with Crippen molar-refractivity contribution >= 4 is 11.3 Å². The molecule has 0 N–H and O–H groups in total. The van der Waals surface area contributed by atoms with E-state index in [1.54, 1.807) is 35.2 Å². The standard InChI is InChI=1S/C7H7F.C3H3NS/c1-6-2-4-7(8)5-3-6;1-2-5-3-4-1/h2-5H,1H3;1-3H. The predicted octanol–water partition coefficient (Wildman–Crippen LogP) is 3.28. The topological polar surface area (TPSA) is 12.9 Å². The van der Waals surface area contributed by atoms with Crippen LogP contribution in [0.1, 0.15) is 5.56 Å². The molecule has 13 heavy (non-hydrogen) atoms. The Morgan fingerprint density at radius 2 is 1.92 bits per heavy atom. The van der Waals surface area contributed by atoms with Crippen LogP contribution in [0.2, 0.25) is 0 Å². The molecule has 1 nitrogen and oxygen atoms in total. The zero-order valence-electron chi connectivity index (χ0n) is 7.27. The van der Waals surface area contributed by atoms with Crippen LogP contribution < -0.4 is 0 Å². The fourth-order valence-electron chi connectivity index (χ4n) is 0.709. The third kappa shape index (κ3) is 4.38. The first-order valence-corrected chi connectivity index (χ1v) is 4.77. The first-order valence-electron chi connectivity index (χ1n) is 3.83. The number of aryl methyl sites for hydroxylation is 1. The molecule has 0 amide bonds. The summed E-state index contributed by atoms with van der Waals surface area (Å²) in [6, 6.07) is 6.40. The van der Waals surface area contributed by atoms with Gasteiger partial charge in [-0.15, -0.1) is 11.3 Å². The summed E-state index contributed by atoms with van der Waals surface area (Å²) >= 11 is 1.60. The highest BCUT2D eigenvalue weighted by atomic mass is 32.1. The highest BCUT2D eigenvalue weighted by Crippen LogP contribution is 1.98. The number of aromatic nitrogens is 1. The highest BCUT2D eigenvalue weighted by Gasteiger charge is 1.83. The number of hydrogen-bond acceptors (Lipinski definition) is 2. The molecule has 0 unspecified atom stereocenters. The lowest BCUT2D eigenvalue weighted by molar-refractivity contribution is 0.627. The number of hydrogen-bond donors (Lipinski definition) is 0. The first-order chi connectivity index (χ1) is 6.29. The van der Waals surface area contributed by atoms with Gasteiger partial charge in [-0.05, 0) is 19.1 Å². The second kappa shape index (κ2) is 5.43. The average molecular weight is 195 g/mol. The predicted molar refractivity (Wildman–Crippen MR) is 53.3 cm³/mol. The number of rotatable bonds is 0. The fourth-order valence-corrected chi connectivity index (χ4v) is 1.06. The van der Waals surface area contributed by atoms with E-state index in [1.165, 1.54) is 12.1 Å². The largest absolute Gasteiger partial charge is 0.253 e. The molecule has 1 aromatic heterocycles. The van der Waals surface area contributed by atoms with Gasteiger partial charge < -0.3 is 0 Å². The fraction of sp³-hybridized carbons (Fsp3) is 0.100. The van der Waals surface area contributed by atoms with Gasteiger partial charge >= 0.3 is 0 Å². The summed E-state index contributed by atoms with van der Waals surface area (Å²) in [5.41, 5.74) is 2.88. The van der Waals surface area contributed by atoms with Crippen LogP contribution >= 0.6 is 11.3 Å². The average Bonchev–Trinajstić information content (AvgIpc) is 2.68. The van der Waals surface area contributed by atoms with Crippen molar-refractivity contribution in [3.63, 3.8) is 0 Å². The molecule has 2 aromatic rings. The van der Waals surface area contributed by atoms with Crippen molar-refractivity contribution in [2.75, 3.05) is 0 Å². The summed E-state index contributed by atoms with van der Waals surface area (Å²) in [6.45, 7) is 1.93. The Labute approximate surface area is 80.9 Å². The molecule has 0 aliphatic rings. The van der Waals surface area contributed by atoms with E-state index in [4.69, 9.17) is 0 Å². The van der Waals surface area contributed by atoms with Crippen molar-refractivity contribution < 1.29 is 4.39 Å². The molecule has 3 heteroatoms. The van der Waals surface area contributed by atoms with Gasteiger partial charge in [0.15, 0.2) is 0 Å². The molecule has 68 valence electrons. The lowest BCUT2D eigenvalue weighted by atomic mass is 10.2. The van der Waals surface area contributed by atoms with E-state index < -0.39 is 0 Å². The van der Waals surface area contributed by atoms with E-state index in [-0.39, 0.29) is 5.82 Å². The summed E-state index contributed by atoms with van der Waals surface area (Å²) in [6.07, 6.45) is 1.77. The second-order valence-corrected chi connectivity index (χ2v) is 3.23. The van der Waals surface area contributed by atoms with Crippen molar-refractivity contribution in [2.45, 2.75) is 6.92 Å². The molecule has 0 saturated heterocycles. The van der Waals surface area contributed by atoms with Gasteiger partial charge in [0, 0.05) is 11.6 Å². The Hall–Kier alpha value is -1.22. The summed E-state index contributed by atoms with van der Waals surface area (Å²) in [5.74, 6) is -0.171. The minimum atomic E-state index is -0.171. The number of halogens is 1. The summed E-state index contributed by atoms with van der Waals surface area (Å²) < 4.78 is 12.1. The smallest absolute Gasteiger partial charge is 0.123 e. The molecule has 0 saturated carbocycles. The minimum absolute atomic E-state index is 0.171. The monoisotopic (exact) mass is 195 g/mol. The molecule has 2 rings (SSSR count). The van der Waals surface area contributed by atoms with Gasteiger partial charge in [-0.25, -0.2) is 4.39 Å². The lowest BCUT2D eigenvalue weighted by Gasteiger charge is -1.87. The van der Waals surface area contributed by atoms with Gasteiger partial charge in [0.05, 0.1) is 5.51 Å². The van der Waals surface area contributed by atoms with Gasteiger partial charge in [0.1, 0.15) is 5.82 Å². The lowest BCUT2D eigenvalue weighted by Crippen LogP contribution is -1.71. The van der Waals surface area contributed by atoms with Crippen molar-refractivity contribution in [1.29, 1.82) is 0 Å². The summed E-state index contributed by atoms with van der Waals surface area (Å²) in [7, 11) is 0. The molecule has 1 heterocycles. The molecule has 1 aromatic carbocycles. The van der Waals surface area contributed by atoms with Gasteiger partial charge in [-0.1, -0.05) is 17.7 Å². The number of nitrogens with zero attached hydrogens (tertiary/aromatic N) is 1. The summed E-state index contributed by atoms with van der Waals surface area (Å²) in [4.78, 5) is 3.74. The SMILES string of the molecule is Cc1ccc(F)cc1.c1cscn1. The Morgan fingerprint density at radius 3 is 2.23 bits per heavy atom. The third-order valence-electron chi connectivity index (χ3n) is 1.36. The molecule has 0 radical (unpaired) electrons. The van der Waals surface area contributed by atoms with Gasteiger partial charge in [-0.3, -0.25) is 4.98 Å². The van der Waals surface area contributed by atoms with Crippen molar-refractivity contribution in [2.24, 2.45) is 0 Å². The van der Waals surface area contributed by atoms with Gasteiger partial charge in [0.25, 0.3) is 0 Å². The highest BCUT2D eigenvalue weighted by molar-refractivity contribution is 7.07. The Bertz CT molecular complexity index is 277. The van der Waals surface area contributed by atoms with Gasteiger partial charge in [-0.2, -0.15) is 0 Å². The molecule has 0 atom stereocenters. The summed E-state index contributed by atoms with van der Waals surface area (Å²) in [5, 5.41) is 1.93. The maximum absolute atomic E-state index is 12.1. The first kappa shape index (κ1) is 9.86. The molecule has 0 spiro atoms. The molecular formula is C10H10FNS. The van der Waals surface area contributed by atoms with Crippen molar-refractivity contribution in [3.8, 4) is 0 Å². The Kier molecular flexibility index (Phi) is 4.12.